The Kier molecular flexibility index (Phi) is 5.46. The Morgan fingerprint density at radius 3 is 2.17 bits per heavy atom. The van der Waals surface area contributed by atoms with Crippen molar-refractivity contribution in [3.63, 3.8) is 0 Å². The van der Waals surface area contributed by atoms with E-state index in [1.54, 1.807) is 0 Å². The summed E-state index contributed by atoms with van der Waals surface area (Å²) in [5.74, 6) is -0.293. The first-order valence-corrected chi connectivity index (χ1v) is 9.36. The molecule has 3 nitrogen and oxygen atoms in total. The second-order valence-electron chi connectivity index (χ2n) is 3.51. The van der Waals surface area contributed by atoms with E-state index in [0.717, 1.165) is 15.7 Å². The Balaban J connectivity index is 2.45. The first kappa shape index (κ1) is 15.8. The van der Waals surface area contributed by atoms with Crippen molar-refractivity contribution in [1.82, 2.24) is 0 Å². The first-order valence-electron chi connectivity index (χ1n) is 4.94. The van der Waals surface area contributed by atoms with Crippen LogP contribution < -0.4 is 3.61 Å². The van der Waals surface area contributed by atoms with Crippen LogP contribution in [0, 0.1) is 0 Å². The molecule has 0 heterocycles. The van der Waals surface area contributed by atoms with Crippen LogP contribution in [0.15, 0.2) is 24.3 Å². The van der Waals surface area contributed by atoms with Crippen LogP contribution in [0.5, 0.6) is 0 Å². The molecule has 0 fully saturated rings. The van der Waals surface area contributed by atoms with Crippen LogP contribution in [0.25, 0.3) is 0 Å². The van der Waals surface area contributed by atoms with Gasteiger partial charge in [-0.05, 0) is 0 Å². The molecule has 0 aromatic heterocycles. The van der Waals surface area contributed by atoms with Crippen molar-refractivity contribution >= 4 is 34.7 Å². The third-order valence-electron chi connectivity index (χ3n) is 2.00. The Morgan fingerprint density at radius 2 is 1.72 bits per heavy atom. The maximum atomic E-state index is 12.3. The molecule has 0 amide bonds. The predicted octanol–water partition coefficient (Wildman–Crippen LogP) is 1.73. The number of rotatable bonds is 5. The van der Waals surface area contributed by atoms with E-state index in [4.69, 9.17) is 4.55 Å². The fourth-order valence-corrected chi connectivity index (χ4v) is 4.69. The summed E-state index contributed by atoms with van der Waals surface area (Å²) in [4.78, 5) is 0. The minimum absolute atomic E-state index is 0.293. The van der Waals surface area contributed by atoms with Gasteiger partial charge in [0, 0.05) is 0 Å². The topological polar surface area (TPSA) is 54.4 Å². The van der Waals surface area contributed by atoms with Gasteiger partial charge in [-0.3, -0.25) is 0 Å². The average Bonchev–Trinajstić information content (AvgIpc) is 2.22. The van der Waals surface area contributed by atoms with Crippen molar-refractivity contribution in [1.29, 1.82) is 0 Å². The zero-order chi connectivity index (χ0) is 13.8. The van der Waals surface area contributed by atoms with E-state index in [0.29, 0.717) is 10.9 Å². The van der Waals surface area contributed by atoms with Gasteiger partial charge in [-0.2, -0.15) is 0 Å². The normalized spacial score (nSPS) is 12.7. The van der Waals surface area contributed by atoms with E-state index in [2.05, 4.69) is 0 Å². The van der Waals surface area contributed by atoms with Crippen LogP contribution in [0.1, 0.15) is 12.0 Å². The molecule has 0 atom stereocenters. The molecule has 1 N–H and O–H groups in total. The van der Waals surface area contributed by atoms with E-state index < -0.39 is 42.8 Å². The van der Waals surface area contributed by atoms with Crippen LogP contribution in [-0.4, -0.2) is 39.6 Å². The molecule has 0 saturated carbocycles. The molecule has 0 spiro atoms. The van der Waals surface area contributed by atoms with Crippen molar-refractivity contribution in [2.75, 3.05) is 5.75 Å². The van der Waals surface area contributed by atoms with Crippen molar-refractivity contribution in [2.24, 2.45) is 0 Å². The van der Waals surface area contributed by atoms with Crippen LogP contribution >= 0.6 is 0 Å². The van der Waals surface area contributed by atoms with Gasteiger partial charge in [0.2, 0.25) is 0 Å². The molecule has 0 aliphatic rings. The second-order valence-corrected chi connectivity index (χ2v) is 8.42. The average molecular weight is 396 g/mol. The predicted molar refractivity (Wildman–Crippen MR) is 62.7 cm³/mol. The summed E-state index contributed by atoms with van der Waals surface area (Å²) in [7, 11) is -3.93. The molecule has 1 aromatic carbocycles. The van der Waals surface area contributed by atoms with Gasteiger partial charge in [0.15, 0.2) is 0 Å². The molecule has 18 heavy (non-hydrogen) atoms. The molecular weight excluding hydrogens is 385 g/mol. The van der Waals surface area contributed by atoms with Crippen molar-refractivity contribution < 1.29 is 26.1 Å². The maximum absolute atomic E-state index is 12.3. The van der Waals surface area contributed by atoms with Crippen LogP contribution in [-0.2, 0) is 16.3 Å². The van der Waals surface area contributed by atoms with Gasteiger partial charge < -0.3 is 0 Å². The minimum atomic E-state index is -4.33. The van der Waals surface area contributed by atoms with E-state index in [1.165, 1.54) is 12.1 Å². The van der Waals surface area contributed by atoms with Gasteiger partial charge in [-0.1, -0.05) is 0 Å². The van der Waals surface area contributed by atoms with Gasteiger partial charge >= 0.3 is 113 Å². The Hall–Kier alpha value is -0.290. The third kappa shape index (κ3) is 6.05. The molecule has 0 unspecified atom stereocenters. The molecule has 0 aliphatic carbocycles. The monoisotopic (exact) mass is 398 g/mol. The Bertz CT molecular complexity index is 482. The van der Waals surface area contributed by atoms with E-state index >= 15 is 0 Å². The van der Waals surface area contributed by atoms with E-state index in [9.17, 15) is 21.6 Å². The quantitative estimate of drug-likeness (QED) is 0.469. The summed E-state index contributed by atoms with van der Waals surface area (Å²) >= 11 is -0.702. The number of benzene rings is 1. The van der Waals surface area contributed by atoms with E-state index in [1.807, 2.05) is 0 Å². The van der Waals surface area contributed by atoms with Crippen molar-refractivity contribution in [2.45, 2.75) is 17.1 Å². The number of hydrogen-bond donors (Lipinski definition) is 1. The third-order valence-corrected chi connectivity index (χ3v) is 5.94. The van der Waals surface area contributed by atoms with Gasteiger partial charge in [-0.25, -0.2) is 0 Å². The zero-order valence-electron chi connectivity index (χ0n) is 9.14. The zero-order valence-corrected chi connectivity index (χ0v) is 12.3. The van der Waals surface area contributed by atoms with Gasteiger partial charge in [-0.15, -0.1) is 0 Å². The number of hydrogen-bond acceptors (Lipinski definition) is 2. The van der Waals surface area contributed by atoms with Gasteiger partial charge in [0.1, 0.15) is 0 Å². The van der Waals surface area contributed by atoms with Crippen LogP contribution in [0.2, 0.25) is 4.47 Å². The molecular formula is C10H11F3O3STe. The Labute approximate surface area is 113 Å². The fraction of sp³-hybridized carbons (Fsp3) is 0.400. The van der Waals surface area contributed by atoms with Gasteiger partial charge in [0.05, 0.1) is 0 Å². The summed E-state index contributed by atoms with van der Waals surface area (Å²) in [5, 5.41) is 0. The summed E-state index contributed by atoms with van der Waals surface area (Å²) in [6, 6.07) is 4.92. The van der Waals surface area contributed by atoms with Gasteiger partial charge in [0.25, 0.3) is 0 Å². The number of halogens is 3. The van der Waals surface area contributed by atoms with Crippen LogP contribution in [0.4, 0.5) is 13.2 Å². The summed E-state index contributed by atoms with van der Waals surface area (Å²) in [6.07, 6.45) is -3.99. The molecule has 0 radical (unpaired) electrons. The fourth-order valence-electron chi connectivity index (χ4n) is 1.17. The summed E-state index contributed by atoms with van der Waals surface area (Å²) in [6.45, 7) is 0. The molecule has 1 rings (SSSR count). The van der Waals surface area contributed by atoms with E-state index in [-0.39, 0.29) is 5.75 Å². The first-order chi connectivity index (χ1) is 8.18. The van der Waals surface area contributed by atoms with Crippen molar-refractivity contribution in [3.05, 3.63) is 29.8 Å². The molecule has 102 valence electrons. The molecule has 0 bridgehead atoms. The summed E-state index contributed by atoms with van der Waals surface area (Å²) in [5.41, 5.74) is -0.684. The molecule has 1 aromatic rings. The molecule has 0 aliphatic heterocycles. The number of alkyl halides is 3. The summed E-state index contributed by atoms with van der Waals surface area (Å²) < 4.78 is 67.7. The van der Waals surface area contributed by atoms with Crippen molar-refractivity contribution in [3.8, 4) is 0 Å². The standard InChI is InChI=1S/C10H11F3O3STe/c11-10(12,13)8-2-4-9(5-3-8)18-7-1-6-17(14,15)16/h2-5H,1,6-7H2,(H,14,15,16). The molecule has 8 heteroatoms. The Morgan fingerprint density at radius 1 is 1.17 bits per heavy atom. The SMILES string of the molecule is O=S(=O)(O)CCC[Te]c1ccc(C(F)(F)F)cc1. The molecule has 0 saturated heterocycles. The second kappa shape index (κ2) is 6.24. The van der Waals surface area contributed by atoms with Crippen LogP contribution in [0.3, 0.4) is 0 Å².